The predicted octanol–water partition coefficient (Wildman–Crippen LogP) is 2.94. The van der Waals surface area contributed by atoms with Crippen LogP contribution in [0.5, 0.6) is 0 Å². The van der Waals surface area contributed by atoms with E-state index in [0.717, 1.165) is 52.9 Å². The van der Waals surface area contributed by atoms with E-state index in [1.807, 2.05) is 18.7 Å². The molecule has 5 rings (SSSR count). The van der Waals surface area contributed by atoms with Gasteiger partial charge in [0.25, 0.3) is 5.56 Å². The van der Waals surface area contributed by atoms with Gasteiger partial charge in [-0.25, -0.2) is 9.97 Å². The number of thiophene rings is 1. The zero-order chi connectivity index (χ0) is 20.8. The van der Waals surface area contributed by atoms with E-state index in [9.17, 15) is 9.59 Å². The lowest BCUT2D eigenvalue weighted by Gasteiger charge is -2.31. The highest BCUT2D eigenvalue weighted by molar-refractivity contribution is 7.18. The smallest absolute Gasteiger partial charge is 0.259 e. The minimum Gasteiger partial charge on any atom is -0.343 e. The molecule has 158 valence electrons. The van der Waals surface area contributed by atoms with Gasteiger partial charge in [0.05, 0.1) is 5.39 Å². The molecule has 4 heterocycles. The first-order valence-corrected chi connectivity index (χ1v) is 11.5. The number of carbonyl (C=O) groups excluding carboxylic acids is 1. The third kappa shape index (κ3) is 3.66. The fourth-order valence-electron chi connectivity index (χ4n) is 4.20. The van der Waals surface area contributed by atoms with Gasteiger partial charge in [0.1, 0.15) is 16.5 Å². The Morgan fingerprint density at radius 3 is 2.63 bits per heavy atom. The maximum Gasteiger partial charge on any atom is 0.259 e. The molecule has 30 heavy (non-hydrogen) atoms. The molecule has 2 N–H and O–H groups in total. The summed E-state index contributed by atoms with van der Waals surface area (Å²) in [5.41, 5.74) is 0.882. The number of aromatic nitrogens is 5. The number of nitrogens with one attached hydrogen (secondary N) is 2. The summed E-state index contributed by atoms with van der Waals surface area (Å²) in [5, 5.41) is 8.13. The van der Waals surface area contributed by atoms with Crippen LogP contribution in [0.3, 0.4) is 0 Å². The maximum atomic E-state index is 12.7. The first kappa shape index (κ1) is 19.4. The Kier molecular flexibility index (Phi) is 4.92. The molecule has 1 aliphatic carbocycles. The van der Waals surface area contributed by atoms with Gasteiger partial charge >= 0.3 is 0 Å². The van der Waals surface area contributed by atoms with Crippen LogP contribution in [0.25, 0.3) is 10.2 Å². The number of piperidine rings is 1. The van der Waals surface area contributed by atoms with Crippen LogP contribution in [-0.2, 0) is 11.2 Å². The zero-order valence-corrected chi connectivity index (χ0v) is 18.1. The molecule has 9 heteroatoms. The van der Waals surface area contributed by atoms with Crippen molar-refractivity contribution in [3.8, 4) is 0 Å². The highest BCUT2D eigenvalue weighted by Crippen LogP contribution is 2.38. The average Bonchev–Trinajstić information content (AvgIpc) is 3.40. The summed E-state index contributed by atoms with van der Waals surface area (Å²) in [6.07, 6.45) is 5.01. The number of aryl methyl sites for hydroxylation is 3. The third-order valence-corrected chi connectivity index (χ3v) is 7.46. The minimum absolute atomic E-state index is 0.109. The Hall–Kier alpha value is -2.55. The van der Waals surface area contributed by atoms with E-state index in [4.69, 9.17) is 0 Å². The number of carbonyl (C=O) groups is 1. The molecule has 0 atom stereocenters. The van der Waals surface area contributed by atoms with Gasteiger partial charge in [-0.05, 0) is 45.1 Å². The van der Waals surface area contributed by atoms with Gasteiger partial charge in [-0.2, -0.15) is 5.10 Å². The van der Waals surface area contributed by atoms with Crippen LogP contribution < -0.4 is 5.56 Å². The SMILES string of the molecule is Cc1sc2nc(CCC(=O)N3CCC(c4nc(C5CC5)n[nH]4)CC3)[nH]c(=O)c2c1C. The normalized spacial score (nSPS) is 17.7. The topological polar surface area (TPSA) is 108 Å². The van der Waals surface area contributed by atoms with E-state index in [1.54, 1.807) is 0 Å². The molecule has 1 saturated carbocycles. The van der Waals surface area contributed by atoms with Crippen LogP contribution >= 0.6 is 11.3 Å². The highest BCUT2D eigenvalue weighted by atomic mass is 32.1. The number of likely N-dealkylation sites (tertiary alicyclic amines) is 1. The molecule has 0 spiro atoms. The predicted molar refractivity (Wildman–Crippen MR) is 115 cm³/mol. The summed E-state index contributed by atoms with van der Waals surface area (Å²) in [6, 6.07) is 0. The van der Waals surface area contributed by atoms with E-state index < -0.39 is 0 Å². The fraction of sp³-hybridized carbons (Fsp3) is 0.571. The van der Waals surface area contributed by atoms with Crippen molar-refractivity contribution >= 4 is 27.5 Å². The average molecular weight is 427 g/mol. The summed E-state index contributed by atoms with van der Waals surface area (Å²) in [5.74, 6) is 3.54. The van der Waals surface area contributed by atoms with E-state index in [0.29, 0.717) is 35.9 Å². The van der Waals surface area contributed by atoms with Gasteiger partial charge in [0.15, 0.2) is 5.82 Å². The van der Waals surface area contributed by atoms with Crippen molar-refractivity contribution in [2.24, 2.45) is 0 Å². The summed E-state index contributed by atoms with van der Waals surface area (Å²) in [7, 11) is 0. The van der Waals surface area contributed by atoms with Crippen molar-refractivity contribution in [2.45, 2.75) is 64.2 Å². The van der Waals surface area contributed by atoms with E-state index in [1.165, 1.54) is 24.2 Å². The van der Waals surface area contributed by atoms with Crippen molar-refractivity contribution in [3.63, 3.8) is 0 Å². The molecule has 2 fully saturated rings. The van der Waals surface area contributed by atoms with Gasteiger partial charge in [-0.3, -0.25) is 14.7 Å². The first-order chi connectivity index (χ1) is 14.5. The second-order valence-electron chi connectivity index (χ2n) is 8.48. The van der Waals surface area contributed by atoms with Crippen LogP contribution in [0.2, 0.25) is 0 Å². The van der Waals surface area contributed by atoms with E-state index in [-0.39, 0.29) is 11.5 Å². The number of rotatable bonds is 5. The lowest BCUT2D eigenvalue weighted by Crippen LogP contribution is -2.38. The molecule has 0 unspecified atom stereocenters. The van der Waals surface area contributed by atoms with E-state index in [2.05, 4.69) is 25.1 Å². The summed E-state index contributed by atoms with van der Waals surface area (Å²) >= 11 is 1.53. The summed E-state index contributed by atoms with van der Waals surface area (Å²) in [4.78, 5) is 41.0. The number of fused-ring (bicyclic) bond motifs is 1. The molecule has 2 aliphatic rings. The molecule has 0 aromatic carbocycles. The number of hydrogen-bond acceptors (Lipinski definition) is 6. The highest BCUT2D eigenvalue weighted by Gasteiger charge is 2.30. The fourth-order valence-corrected chi connectivity index (χ4v) is 5.25. The summed E-state index contributed by atoms with van der Waals surface area (Å²) < 4.78 is 0. The third-order valence-electron chi connectivity index (χ3n) is 6.36. The lowest BCUT2D eigenvalue weighted by molar-refractivity contribution is -0.132. The van der Waals surface area contributed by atoms with Gasteiger partial charge in [-0.15, -0.1) is 11.3 Å². The quantitative estimate of drug-likeness (QED) is 0.652. The summed E-state index contributed by atoms with van der Waals surface area (Å²) in [6.45, 7) is 5.41. The molecule has 0 radical (unpaired) electrons. The van der Waals surface area contributed by atoms with Crippen molar-refractivity contribution in [1.82, 2.24) is 30.0 Å². The Morgan fingerprint density at radius 1 is 1.13 bits per heavy atom. The second kappa shape index (κ2) is 7.61. The molecule has 1 aliphatic heterocycles. The Bertz CT molecular complexity index is 1150. The lowest BCUT2D eigenvalue weighted by atomic mass is 9.96. The van der Waals surface area contributed by atoms with Gasteiger partial charge < -0.3 is 9.88 Å². The van der Waals surface area contributed by atoms with Crippen LogP contribution in [0.1, 0.15) is 71.9 Å². The van der Waals surface area contributed by atoms with Crippen molar-refractivity contribution < 1.29 is 4.79 Å². The van der Waals surface area contributed by atoms with Gasteiger partial charge in [0.2, 0.25) is 5.91 Å². The van der Waals surface area contributed by atoms with Gasteiger partial charge in [-0.1, -0.05) is 0 Å². The molecule has 3 aromatic rings. The number of amides is 1. The van der Waals surface area contributed by atoms with Crippen molar-refractivity contribution in [3.05, 3.63) is 38.3 Å². The first-order valence-electron chi connectivity index (χ1n) is 10.7. The monoisotopic (exact) mass is 426 g/mol. The molecular weight excluding hydrogens is 400 g/mol. The number of hydrogen-bond donors (Lipinski definition) is 2. The van der Waals surface area contributed by atoms with E-state index >= 15 is 0 Å². The number of H-pyrrole nitrogens is 2. The van der Waals surface area contributed by atoms with Crippen molar-refractivity contribution in [2.75, 3.05) is 13.1 Å². The van der Waals surface area contributed by atoms with Crippen LogP contribution in [0.4, 0.5) is 0 Å². The molecule has 8 nitrogen and oxygen atoms in total. The molecule has 1 amide bonds. The molecular formula is C21H26N6O2S. The Morgan fingerprint density at radius 2 is 1.90 bits per heavy atom. The maximum absolute atomic E-state index is 12.7. The minimum atomic E-state index is -0.109. The van der Waals surface area contributed by atoms with Crippen molar-refractivity contribution in [1.29, 1.82) is 0 Å². The Labute approximate surface area is 178 Å². The molecule has 1 saturated heterocycles. The Balaban J connectivity index is 1.17. The number of aromatic amines is 2. The molecule has 0 bridgehead atoms. The van der Waals surface area contributed by atoms with Gasteiger partial charge in [0, 0.05) is 42.6 Å². The zero-order valence-electron chi connectivity index (χ0n) is 17.3. The molecule has 3 aromatic heterocycles. The van der Waals surface area contributed by atoms with Crippen LogP contribution in [-0.4, -0.2) is 49.0 Å². The standard InChI is InChI=1S/C21H26N6O2S/c1-11-12(2)30-21-17(11)20(29)22-15(23-21)5-6-16(28)27-9-7-14(8-10-27)19-24-18(25-26-19)13-3-4-13/h13-14H,3-10H2,1-2H3,(H,22,23,29)(H,24,25,26). The van der Waals surface area contributed by atoms with Crippen LogP contribution in [0, 0.1) is 13.8 Å². The largest absolute Gasteiger partial charge is 0.343 e. The van der Waals surface area contributed by atoms with Crippen LogP contribution in [0.15, 0.2) is 4.79 Å². The number of nitrogens with zero attached hydrogens (tertiary/aromatic N) is 4. The second-order valence-corrected chi connectivity index (χ2v) is 9.69.